The summed E-state index contributed by atoms with van der Waals surface area (Å²) in [5.74, 6) is 0. The summed E-state index contributed by atoms with van der Waals surface area (Å²) in [5, 5.41) is 0. The molecule has 3 heteroatoms. The summed E-state index contributed by atoms with van der Waals surface area (Å²) in [6.45, 7) is 4.92. The fraction of sp³-hybridized carbons (Fsp3) is 0.545. The van der Waals surface area contributed by atoms with E-state index in [2.05, 4.69) is 4.98 Å². The van der Waals surface area contributed by atoms with Gasteiger partial charge in [-0.15, -0.1) is 0 Å². The second-order valence-corrected chi connectivity index (χ2v) is 4.17. The van der Waals surface area contributed by atoms with Crippen molar-refractivity contribution in [1.29, 1.82) is 0 Å². The zero-order chi connectivity index (χ0) is 10.8. The highest BCUT2D eigenvalue weighted by atomic mass is 19.1. The van der Waals surface area contributed by atoms with Crippen LogP contribution in [0.25, 0.3) is 0 Å². The molecule has 0 saturated heterocycles. The van der Waals surface area contributed by atoms with Gasteiger partial charge in [0.2, 0.25) is 0 Å². The first-order valence-corrected chi connectivity index (χ1v) is 4.80. The summed E-state index contributed by atoms with van der Waals surface area (Å²) in [5.41, 5.74) is 5.59. The van der Waals surface area contributed by atoms with Gasteiger partial charge in [0, 0.05) is 18.2 Å². The number of hydrogen-bond acceptors (Lipinski definition) is 2. The number of aromatic nitrogens is 1. The molecular weight excluding hydrogens is 179 g/mol. The van der Waals surface area contributed by atoms with E-state index in [0.29, 0.717) is 12.1 Å². The maximum Gasteiger partial charge on any atom is 0.147 e. The summed E-state index contributed by atoms with van der Waals surface area (Å²) in [7, 11) is 0. The van der Waals surface area contributed by atoms with Crippen molar-refractivity contribution < 1.29 is 4.39 Å². The third-order valence-electron chi connectivity index (χ3n) is 1.95. The van der Waals surface area contributed by atoms with Gasteiger partial charge < -0.3 is 5.73 Å². The van der Waals surface area contributed by atoms with Gasteiger partial charge in [-0.2, -0.15) is 0 Å². The summed E-state index contributed by atoms with van der Waals surface area (Å²) in [4.78, 5) is 4.23. The lowest BCUT2D eigenvalue weighted by atomic mass is 10.1. The Labute approximate surface area is 84.3 Å². The van der Waals surface area contributed by atoms with E-state index in [-0.39, 0.29) is 6.04 Å². The molecule has 2 N–H and O–H groups in total. The van der Waals surface area contributed by atoms with E-state index in [1.165, 1.54) is 13.8 Å². The fourth-order valence-corrected chi connectivity index (χ4v) is 1.25. The third kappa shape index (κ3) is 3.07. The molecule has 14 heavy (non-hydrogen) atoms. The second kappa shape index (κ2) is 4.05. The SMILES string of the molecule is CC(N)Cc1cccc(C(C)(C)F)n1. The quantitative estimate of drug-likeness (QED) is 0.804. The minimum Gasteiger partial charge on any atom is -0.328 e. The number of nitrogens with zero attached hydrogens (tertiary/aromatic N) is 1. The summed E-state index contributed by atoms with van der Waals surface area (Å²) in [6, 6.07) is 5.45. The average Bonchev–Trinajstić information content (AvgIpc) is 2.01. The molecule has 2 nitrogen and oxygen atoms in total. The maximum atomic E-state index is 13.5. The van der Waals surface area contributed by atoms with Crippen molar-refractivity contribution >= 4 is 0 Å². The molecule has 1 rings (SSSR count). The van der Waals surface area contributed by atoms with Crippen LogP contribution in [0.3, 0.4) is 0 Å². The molecule has 0 aromatic carbocycles. The molecule has 0 saturated carbocycles. The summed E-state index contributed by atoms with van der Waals surface area (Å²) >= 11 is 0. The van der Waals surface area contributed by atoms with Crippen LogP contribution in [0, 0.1) is 0 Å². The molecule has 0 bridgehead atoms. The zero-order valence-electron chi connectivity index (χ0n) is 8.92. The normalized spacial score (nSPS) is 14.1. The summed E-state index contributed by atoms with van der Waals surface area (Å²) in [6.07, 6.45) is 0.684. The zero-order valence-corrected chi connectivity index (χ0v) is 8.92. The first-order chi connectivity index (χ1) is 6.39. The topological polar surface area (TPSA) is 38.9 Å². The Balaban J connectivity index is 2.90. The molecular formula is C11H17FN2. The minimum atomic E-state index is -1.38. The molecule has 0 spiro atoms. The molecule has 0 aliphatic heterocycles. The number of rotatable bonds is 3. The number of halogens is 1. The molecule has 0 radical (unpaired) electrons. The highest BCUT2D eigenvalue weighted by Gasteiger charge is 2.20. The number of alkyl halides is 1. The van der Waals surface area contributed by atoms with Gasteiger partial charge in [-0.25, -0.2) is 4.39 Å². The second-order valence-electron chi connectivity index (χ2n) is 4.17. The molecule has 1 aromatic rings. The van der Waals surface area contributed by atoms with E-state index in [1.54, 1.807) is 6.07 Å². The van der Waals surface area contributed by atoms with E-state index < -0.39 is 5.67 Å². The Morgan fingerprint density at radius 2 is 2.14 bits per heavy atom. The van der Waals surface area contributed by atoms with Gasteiger partial charge >= 0.3 is 0 Å². The molecule has 0 fully saturated rings. The van der Waals surface area contributed by atoms with Crippen molar-refractivity contribution in [2.45, 2.75) is 38.9 Å². The van der Waals surface area contributed by atoms with Gasteiger partial charge in [0.1, 0.15) is 5.67 Å². The van der Waals surface area contributed by atoms with Crippen molar-refractivity contribution in [3.05, 3.63) is 29.6 Å². The summed E-state index contributed by atoms with van der Waals surface area (Å²) < 4.78 is 13.5. The standard InChI is InChI=1S/C11H17FN2/c1-8(13)7-9-5-4-6-10(14-9)11(2,3)12/h4-6,8H,7,13H2,1-3H3. The van der Waals surface area contributed by atoms with E-state index in [0.717, 1.165) is 5.69 Å². The molecule has 0 amide bonds. The van der Waals surface area contributed by atoms with E-state index >= 15 is 0 Å². The van der Waals surface area contributed by atoms with E-state index in [4.69, 9.17) is 5.73 Å². The lowest BCUT2D eigenvalue weighted by molar-refractivity contribution is 0.214. The number of hydrogen-bond donors (Lipinski definition) is 1. The van der Waals surface area contributed by atoms with Gasteiger partial charge in [-0.3, -0.25) is 4.98 Å². The molecule has 1 atom stereocenters. The van der Waals surface area contributed by atoms with Gasteiger partial charge in [0.05, 0.1) is 5.69 Å². The molecule has 1 heterocycles. The van der Waals surface area contributed by atoms with Gasteiger partial charge in [-0.05, 0) is 32.9 Å². The van der Waals surface area contributed by atoms with E-state index in [9.17, 15) is 4.39 Å². The van der Waals surface area contributed by atoms with Crippen molar-refractivity contribution in [3.8, 4) is 0 Å². The highest BCUT2D eigenvalue weighted by molar-refractivity contribution is 5.16. The van der Waals surface area contributed by atoms with Crippen molar-refractivity contribution in [1.82, 2.24) is 4.98 Å². The average molecular weight is 196 g/mol. The van der Waals surface area contributed by atoms with Crippen molar-refractivity contribution in [2.24, 2.45) is 5.73 Å². The van der Waals surface area contributed by atoms with Gasteiger partial charge in [-0.1, -0.05) is 6.07 Å². The Morgan fingerprint density at radius 3 is 2.64 bits per heavy atom. The predicted molar refractivity (Wildman–Crippen MR) is 55.7 cm³/mol. The van der Waals surface area contributed by atoms with Crippen LogP contribution < -0.4 is 5.73 Å². The molecule has 0 aliphatic rings. The van der Waals surface area contributed by atoms with Crippen LogP contribution in [0.15, 0.2) is 18.2 Å². The van der Waals surface area contributed by atoms with Gasteiger partial charge in [0.15, 0.2) is 0 Å². The van der Waals surface area contributed by atoms with Crippen LogP contribution in [0.2, 0.25) is 0 Å². The number of nitrogens with two attached hydrogens (primary N) is 1. The fourth-order valence-electron chi connectivity index (χ4n) is 1.25. The largest absolute Gasteiger partial charge is 0.328 e. The maximum absolute atomic E-state index is 13.5. The lowest BCUT2D eigenvalue weighted by Crippen LogP contribution is -2.20. The van der Waals surface area contributed by atoms with Crippen LogP contribution in [0.4, 0.5) is 4.39 Å². The van der Waals surface area contributed by atoms with Crippen LogP contribution >= 0.6 is 0 Å². The number of pyridine rings is 1. The Kier molecular flexibility index (Phi) is 3.21. The van der Waals surface area contributed by atoms with Crippen LogP contribution in [0.5, 0.6) is 0 Å². The molecule has 0 aliphatic carbocycles. The molecule has 1 unspecified atom stereocenters. The Morgan fingerprint density at radius 1 is 1.50 bits per heavy atom. The molecule has 1 aromatic heterocycles. The predicted octanol–water partition coefficient (Wildman–Crippen LogP) is 2.18. The van der Waals surface area contributed by atoms with Crippen molar-refractivity contribution in [3.63, 3.8) is 0 Å². The van der Waals surface area contributed by atoms with E-state index in [1.807, 2.05) is 19.1 Å². The Bertz CT molecular complexity index is 302. The minimum absolute atomic E-state index is 0.0560. The monoisotopic (exact) mass is 196 g/mol. The van der Waals surface area contributed by atoms with Crippen LogP contribution in [-0.2, 0) is 12.1 Å². The molecule has 78 valence electrons. The van der Waals surface area contributed by atoms with Crippen LogP contribution in [0.1, 0.15) is 32.2 Å². The lowest BCUT2D eigenvalue weighted by Gasteiger charge is -2.14. The van der Waals surface area contributed by atoms with Crippen molar-refractivity contribution in [2.75, 3.05) is 0 Å². The smallest absolute Gasteiger partial charge is 0.147 e. The van der Waals surface area contributed by atoms with Crippen LogP contribution in [-0.4, -0.2) is 11.0 Å². The highest BCUT2D eigenvalue weighted by Crippen LogP contribution is 2.22. The first-order valence-electron chi connectivity index (χ1n) is 4.80. The Hall–Kier alpha value is -0.960. The third-order valence-corrected chi connectivity index (χ3v) is 1.95. The first kappa shape index (κ1) is 11.1. The van der Waals surface area contributed by atoms with Gasteiger partial charge in [0.25, 0.3) is 0 Å².